The average molecular weight is 779 g/mol. The monoisotopic (exact) mass is 777 g/mol. The number of nitrogens with two attached hydrogens (primary N) is 2. The van der Waals surface area contributed by atoms with Gasteiger partial charge in [0.1, 0.15) is 31.0 Å². The van der Waals surface area contributed by atoms with Crippen molar-refractivity contribution in [3.05, 3.63) is 160 Å². The maximum Gasteiger partial charge on any atom is 0.283 e. The minimum Gasteiger partial charge on any atom is -0.495 e. The fourth-order valence-corrected chi connectivity index (χ4v) is 7.10. The third kappa shape index (κ3) is 7.34. The summed E-state index contributed by atoms with van der Waals surface area (Å²) in [7, 11) is 3.13. The molecule has 0 saturated heterocycles. The van der Waals surface area contributed by atoms with Crippen LogP contribution in [0, 0.1) is 5.95 Å². The van der Waals surface area contributed by atoms with Crippen LogP contribution in [0.5, 0.6) is 11.5 Å². The smallest absolute Gasteiger partial charge is 0.283 e. The molecule has 4 N–H and O–H groups in total. The van der Waals surface area contributed by atoms with E-state index in [1.165, 1.54) is 12.5 Å². The van der Waals surface area contributed by atoms with E-state index in [0.717, 1.165) is 33.4 Å². The molecule has 14 heteroatoms. The highest BCUT2D eigenvalue weighted by atomic mass is 35.5. The van der Waals surface area contributed by atoms with E-state index in [1.807, 2.05) is 72.8 Å². The number of pyridine rings is 1. The van der Waals surface area contributed by atoms with Crippen LogP contribution < -0.4 is 20.9 Å². The molecule has 0 radical (unpaired) electrons. The van der Waals surface area contributed by atoms with E-state index in [-0.39, 0.29) is 25.3 Å². The number of aliphatic imine (C=N–C) groups is 2. The normalized spacial score (nSPS) is 18.6. The molecule has 0 aliphatic carbocycles. The molecule has 0 amide bonds. The number of benzene rings is 4. The Bertz CT molecular complexity index is 2420. The molecule has 0 spiro atoms. The van der Waals surface area contributed by atoms with Crippen molar-refractivity contribution in [2.75, 3.05) is 27.4 Å². The SMILES string of the molecule is COc1ccc(C2(c3cccc(-c4cccnc4F)c3)COC(N)=N2)cc1Cl.COc1ccc(C2(c3cccc(-c4cncnc4)c3)COC(N)=N2)cc1Cl. The van der Waals surface area contributed by atoms with Gasteiger partial charge in [0.05, 0.1) is 24.3 Å². The van der Waals surface area contributed by atoms with Gasteiger partial charge in [0, 0.05) is 29.7 Å². The molecule has 6 aromatic rings. The van der Waals surface area contributed by atoms with Crippen LogP contribution in [0.15, 0.2) is 132 Å². The fraction of sp³-hybridized carbons (Fsp3) is 0.146. The molecule has 0 saturated carbocycles. The summed E-state index contributed by atoms with van der Waals surface area (Å²) in [5.74, 6) is 0.621. The van der Waals surface area contributed by atoms with E-state index in [9.17, 15) is 4.39 Å². The minimum atomic E-state index is -0.894. The van der Waals surface area contributed by atoms with Crippen LogP contribution in [0.3, 0.4) is 0 Å². The summed E-state index contributed by atoms with van der Waals surface area (Å²) in [4.78, 5) is 21.1. The molecule has 0 bridgehead atoms. The highest BCUT2D eigenvalue weighted by Crippen LogP contribution is 2.43. The van der Waals surface area contributed by atoms with Crippen LogP contribution in [-0.2, 0) is 20.6 Å². The zero-order valence-corrected chi connectivity index (χ0v) is 31.1. The maximum atomic E-state index is 14.2. The lowest BCUT2D eigenvalue weighted by atomic mass is 9.83. The van der Waals surface area contributed by atoms with E-state index >= 15 is 0 Å². The number of aromatic nitrogens is 3. The van der Waals surface area contributed by atoms with E-state index in [0.29, 0.717) is 32.7 Å². The van der Waals surface area contributed by atoms with Crippen molar-refractivity contribution in [1.29, 1.82) is 0 Å². The predicted octanol–water partition coefficient (Wildman–Crippen LogP) is 7.53. The number of methoxy groups -OCH3 is 2. The molecule has 2 aliphatic rings. The topological polar surface area (TPSA) is 152 Å². The first kappa shape index (κ1) is 37.1. The van der Waals surface area contributed by atoms with Crippen molar-refractivity contribution in [1.82, 2.24) is 15.0 Å². The summed E-state index contributed by atoms with van der Waals surface area (Å²) in [5, 5.41) is 0.956. The van der Waals surface area contributed by atoms with Gasteiger partial charge in [-0.05, 0) is 81.9 Å². The predicted molar refractivity (Wildman–Crippen MR) is 210 cm³/mol. The second-order valence-corrected chi connectivity index (χ2v) is 13.3. The van der Waals surface area contributed by atoms with E-state index in [2.05, 4.69) is 24.9 Å². The molecule has 4 aromatic carbocycles. The van der Waals surface area contributed by atoms with Crippen molar-refractivity contribution >= 4 is 35.2 Å². The molecular formula is C41H34Cl2FN7O4. The molecule has 2 aliphatic heterocycles. The Kier molecular flexibility index (Phi) is 10.5. The summed E-state index contributed by atoms with van der Waals surface area (Å²) < 4.78 is 35.7. The molecule has 2 aromatic heterocycles. The molecule has 8 rings (SSSR count). The van der Waals surface area contributed by atoms with Gasteiger partial charge < -0.3 is 30.4 Å². The van der Waals surface area contributed by atoms with Crippen molar-refractivity contribution < 1.29 is 23.3 Å². The van der Waals surface area contributed by atoms with E-state index in [1.54, 1.807) is 50.9 Å². The lowest BCUT2D eigenvalue weighted by Crippen LogP contribution is -2.27. The molecule has 2 unspecified atom stereocenters. The first-order valence-electron chi connectivity index (χ1n) is 16.9. The molecule has 55 heavy (non-hydrogen) atoms. The second kappa shape index (κ2) is 15.6. The van der Waals surface area contributed by atoms with Crippen molar-refractivity contribution in [3.8, 4) is 33.8 Å². The summed E-state index contributed by atoms with van der Waals surface area (Å²) in [6, 6.07) is 30.1. The number of halogens is 3. The number of amidine groups is 2. The van der Waals surface area contributed by atoms with Crippen LogP contribution in [-0.4, -0.2) is 54.4 Å². The largest absolute Gasteiger partial charge is 0.495 e. The molecule has 4 heterocycles. The quantitative estimate of drug-likeness (QED) is 0.149. The van der Waals surface area contributed by atoms with Crippen LogP contribution in [0.25, 0.3) is 22.3 Å². The first-order valence-corrected chi connectivity index (χ1v) is 17.6. The van der Waals surface area contributed by atoms with Gasteiger partial charge in [0.25, 0.3) is 12.0 Å². The summed E-state index contributed by atoms with van der Waals surface area (Å²) in [5.41, 5.74) is 16.4. The number of hydrogen-bond acceptors (Lipinski definition) is 11. The Hall–Kier alpha value is -6.24. The highest BCUT2D eigenvalue weighted by molar-refractivity contribution is 6.32. The Morgan fingerprint density at radius 1 is 0.636 bits per heavy atom. The minimum absolute atomic E-state index is 0.0879. The zero-order valence-electron chi connectivity index (χ0n) is 29.6. The Labute approximate surface area is 326 Å². The Balaban J connectivity index is 0.000000169. The van der Waals surface area contributed by atoms with E-state index in [4.69, 9.17) is 53.6 Å². The molecule has 2 atom stereocenters. The number of rotatable bonds is 8. The zero-order chi connectivity index (χ0) is 38.6. The number of hydrogen-bond donors (Lipinski definition) is 2. The fourth-order valence-electron chi connectivity index (χ4n) is 6.58. The second-order valence-electron chi connectivity index (χ2n) is 12.5. The lowest BCUT2D eigenvalue weighted by Gasteiger charge is -2.26. The van der Waals surface area contributed by atoms with Gasteiger partial charge in [-0.25, -0.2) is 24.9 Å². The van der Waals surface area contributed by atoms with Gasteiger partial charge in [-0.15, -0.1) is 0 Å². The number of nitrogens with zero attached hydrogens (tertiary/aromatic N) is 5. The summed E-state index contributed by atoms with van der Waals surface area (Å²) in [6.07, 6.45) is 6.46. The van der Waals surface area contributed by atoms with Gasteiger partial charge in [0.2, 0.25) is 5.95 Å². The van der Waals surface area contributed by atoms with Crippen molar-refractivity contribution in [2.24, 2.45) is 21.5 Å². The highest BCUT2D eigenvalue weighted by Gasteiger charge is 2.42. The van der Waals surface area contributed by atoms with Crippen LogP contribution in [0.4, 0.5) is 4.39 Å². The third-order valence-electron chi connectivity index (χ3n) is 9.36. The average Bonchev–Trinajstić information content (AvgIpc) is 3.82. The summed E-state index contributed by atoms with van der Waals surface area (Å²) in [6.45, 7) is 0.497. The maximum absolute atomic E-state index is 14.2. The van der Waals surface area contributed by atoms with Gasteiger partial charge in [-0.1, -0.05) is 71.7 Å². The van der Waals surface area contributed by atoms with Gasteiger partial charge in [0.15, 0.2) is 11.1 Å². The van der Waals surface area contributed by atoms with Crippen LogP contribution in [0.2, 0.25) is 10.0 Å². The Morgan fingerprint density at radius 2 is 1.15 bits per heavy atom. The standard InChI is InChI=1S/C21H17ClFN3O2.C20H17ClN4O2/c1-27-18-8-7-15(11-17(18)22)21(12-28-20(24)26-21)14-5-2-4-13(10-14)16-6-3-9-25-19(16)23;1-26-18-6-5-16(8-17(18)21)20(11-27-19(22)25-20)15-4-2-3-13(7-15)14-9-23-12-24-10-14/h2-11H,12H2,1H3,(H2,24,26);2-10,12H,11H2,1H3,(H2,22,25). The van der Waals surface area contributed by atoms with Gasteiger partial charge in [-0.3, -0.25) is 0 Å². The number of ether oxygens (including phenoxy) is 4. The van der Waals surface area contributed by atoms with Gasteiger partial charge >= 0.3 is 0 Å². The van der Waals surface area contributed by atoms with Gasteiger partial charge in [-0.2, -0.15) is 4.39 Å². The third-order valence-corrected chi connectivity index (χ3v) is 9.95. The Morgan fingerprint density at radius 3 is 1.62 bits per heavy atom. The van der Waals surface area contributed by atoms with Crippen molar-refractivity contribution in [2.45, 2.75) is 11.1 Å². The molecule has 0 fully saturated rings. The molecular weight excluding hydrogens is 744 g/mol. The van der Waals surface area contributed by atoms with Crippen LogP contribution >= 0.6 is 23.2 Å². The lowest BCUT2D eigenvalue weighted by molar-refractivity contribution is 0.278. The first-order chi connectivity index (χ1) is 26.7. The van der Waals surface area contributed by atoms with Crippen LogP contribution in [0.1, 0.15) is 22.3 Å². The molecule has 11 nitrogen and oxygen atoms in total. The van der Waals surface area contributed by atoms with E-state index < -0.39 is 17.0 Å². The summed E-state index contributed by atoms with van der Waals surface area (Å²) >= 11 is 12.7. The van der Waals surface area contributed by atoms with Crippen molar-refractivity contribution in [3.63, 3.8) is 0 Å². The molecule has 278 valence electrons.